The van der Waals surface area contributed by atoms with Crippen LogP contribution in [0.4, 0.5) is 0 Å². The number of hydrogen-bond acceptors (Lipinski definition) is 3. The van der Waals surface area contributed by atoms with E-state index >= 15 is 0 Å². The van der Waals surface area contributed by atoms with Gasteiger partial charge in [-0.25, -0.2) is 0 Å². The summed E-state index contributed by atoms with van der Waals surface area (Å²) >= 11 is 0. The normalized spacial score (nSPS) is 32.3. The smallest absolute Gasteiger partial charge is 0.126 e. The van der Waals surface area contributed by atoms with Crippen LogP contribution in [0.1, 0.15) is 18.9 Å². The molecule has 2 aliphatic rings. The standard InChI is InChI=1S/C23H30O3Si/c1-22-14-21(27(2,3)19-12-8-5-9-13-19)20(23(22,17-24)26-22)16-25-15-18-10-6-4-7-11-18/h4-13,20-21,24H,14-17H2,1-3H3/t20-,21+,22-,23+/m1/s1. The molecule has 27 heavy (non-hydrogen) atoms. The highest BCUT2D eigenvalue weighted by Crippen LogP contribution is 2.68. The molecule has 3 nitrogen and oxygen atoms in total. The number of epoxide rings is 1. The summed E-state index contributed by atoms with van der Waals surface area (Å²) in [6.45, 7) is 8.41. The highest BCUT2D eigenvalue weighted by Gasteiger charge is 2.77. The van der Waals surface area contributed by atoms with Gasteiger partial charge in [0.15, 0.2) is 0 Å². The molecule has 4 rings (SSSR count). The molecule has 0 spiro atoms. The van der Waals surface area contributed by atoms with Crippen LogP contribution in [0.3, 0.4) is 0 Å². The van der Waals surface area contributed by atoms with Crippen LogP contribution in [0.25, 0.3) is 0 Å². The molecule has 0 unspecified atom stereocenters. The molecule has 2 fully saturated rings. The first kappa shape index (κ1) is 18.9. The number of benzene rings is 2. The minimum absolute atomic E-state index is 0.0820. The van der Waals surface area contributed by atoms with E-state index in [1.54, 1.807) is 0 Å². The van der Waals surface area contributed by atoms with Crippen molar-refractivity contribution in [2.75, 3.05) is 13.2 Å². The summed E-state index contributed by atoms with van der Waals surface area (Å²) in [5.74, 6) is 0.234. The molecular weight excluding hydrogens is 352 g/mol. The quantitative estimate of drug-likeness (QED) is 0.586. The summed E-state index contributed by atoms with van der Waals surface area (Å²) in [6.07, 6.45) is 1.01. The zero-order chi connectivity index (χ0) is 19.1. The van der Waals surface area contributed by atoms with Crippen molar-refractivity contribution in [3.8, 4) is 0 Å². The molecule has 2 aromatic rings. The van der Waals surface area contributed by atoms with Crippen LogP contribution in [0, 0.1) is 5.92 Å². The fourth-order valence-corrected chi connectivity index (χ4v) is 8.98. The molecule has 2 aromatic carbocycles. The van der Waals surface area contributed by atoms with Crippen molar-refractivity contribution in [2.24, 2.45) is 5.92 Å². The highest BCUT2D eigenvalue weighted by atomic mass is 28.3. The maximum Gasteiger partial charge on any atom is 0.126 e. The second kappa shape index (κ2) is 6.85. The van der Waals surface area contributed by atoms with Crippen LogP contribution in [0.5, 0.6) is 0 Å². The van der Waals surface area contributed by atoms with Gasteiger partial charge < -0.3 is 14.6 Å². The van der Waals surface area contributed by atoms with Crippen LogP contribution >= 0.6 is 0 Å². The summed E-state index contributed by atoms with van der Waals surface area (Å²) in [5.41, 5.74) is 1.09. The maximum absolute atomic E-state index is 10.2. The fraction of sp³-hybridized carbons (Fsp3) is 0.478. The lowest BCUT2D eigenvalue weighted by Crippen LogP contribution is -2.50. The lowest BCUT2D eigenvalue weighted by atomic mass is 9.91. The number of fused-ring (bicyclic) bond motifs is 1. The number of hydrogen-bond donors (Lipinski definition) is 1. The van der Waals surface area contributed by atoms with Crippen molar-refractivity contribution in [1.82, 2.24) is 0 Å². The van der Waals surface area contributed by atoms with Gasteiger partial charge in [-0.2, -0.15) is 0 Å². The minimum Gasteiger partial charge on any atom is -0.393 e. The van der Waals surface area contributed by atoms with Gasteiger partial charge >= 0.3 is 0 Å². The zero-order valence-electron chi connectivity index (χ0n) is 16.5. The number of aliphatic hydroxyl groups is 1. The second-order valence-corrected chi connectivity index (χ2v) is 13.6. The Labute approximate surface area is 163 Å². The fourth-order valence-electron chi connectivity index (χ4n) is 5.23. The monoisotopic (exact) mass is 382 g/mol. The van der Waals surface area contributed by atoms with Crippen molar-refractivity contribution >= 4 is 13.3 Å². The molecule has 1 saturated heterocycles. The highest BCUT2D eigenvalue weighted by molar-refractivity contribution is 6.91. The number of rotatable bonds is 7. The van der Waals surface area contributed by atoms with E-state index in [0.29, 0.717) is 18.8 Å². The van der Waals surface area contributed by atoms with E-state index in [-0.39, 0.29) is 18.1 Å². The molecule has 1 saturated carbocycles. The zero-order valence-corrected chi connectivity index (χ0v) is 17.5. The Morgan fingerprint density at radius 1 is 1.07 bits per heavy atom. The summed E-state index contributed by atoms with van der Waals surface area (Å²) in [7, 11) is -1.73. The van der Waals surface area contributed by atoms with Crippen LogP contribution in [0.2, 0.25) is 18.6 Å². The third-order valence-electron chi connectivity index (χ3n) is 7.04. The summed E-state index contributed by atoms with van der Waals surface area (Å²) in [5, 5.41) is 11.7. The van der Waals surface area contributed by atoms with E-state index in [9.17, 15) is 5.11 Å². The Balaban J connectivity index is 1.55. The lowest BCUT2D eigenvalue weighted by molar-refractivity contribution is 0.0272. The molecule has 4 heteroatoms. The predicted molar refractivity (Wildman–Crippen MR) is 111 cm³/mol. The number of ether oxygens (including phenoxy) is 2. The first-order chi connectivity index (χ1) is 12.9. The van der Waals surface area contributed by atoms with Gasteiger partial charge in [-0.05, 0) is 24.4 Å². The van der Waals surface area contributed by atoms with Gasteiger partial charge in [0.05, 0.1) is 33.5 Å². The summed E-state index contributed by atoms with van der Waals surface area (Å²) < 4.78 is 12.3. The Morgan fingerprint density at radius 2 is 1.70 bits per heavy atom. The molecule has 0 amide bonds. The van der Waals surface area contributed by atoms with E-state index in [0.717, 1.165) is 6.42 Å². The van der Waals surface area contributed by atoms with Gasteiger partial charge in [-0.1, -0.05) is 78.9 Å². The first-order valence-corrected chi connectivity index (χ1v) is 13.0. The Bertz CT molecular complexity index is 779. The average molecular weight is 383 g/mol. The van der Waals surface area contributed by atoms with Crippen LogP contribution in [-0.2, 0) is 16.1 Å². The van der Waals surface area contributed by atoms with Crippen LogP contribution in [0.15, 0.2) is 60.7 Å². The molecule has 144 valence electrons. The van der Waals surface area contributed by atoms with Crippen molar-refractivity contribution in [1.29, 1.82) is 0 Å². The van der Waals surface area contributed by atoms with Crippen molar-refractivity contribution in [3.63, 3.8) is 0 Å². The lowest BCUT2D eigenvalue weighted by Gasteiger charge is -2.37. The molecule has 0 bridgehead atoms. The number of aliphatic hydroxyl groups excluding tert-OH is 1. The Hall–Kier alpha value is -1.46. The van der Waals surface area contributed by atoms with Gasteiger partial charge in [0.25, 0.3) is 0 Å². The maximum atomic E-state index is 10.2. The Kier molecular flexibility index (Phi) is 4.79. The van der Waals surface area contributed by atoms with Crippen LogP contribution < -0.4 is 5.19 Å². The van der Waals surface area contributed by atoms with E-state index < -0.39 is 13.7 Å². The van der Waals surface area contributed by atoms with Gasteiger partial charge in [0.1, 0.15) is 5.60 Å². The predicted octanol–water partition coefficient (Wildman–Crippen LogP) is 3.73. The van der Waals surface area contributed by atoms with Crippen molar-refractivity contribution < 1.29 is 14.6 Å². The largest absolute Gasteiger partial charge is 0.393 e. The molecule has 1 aliphatic carbocycles. The summed E-state index contributed by atoms with van der Waals surface area (Å²) in [6, 6.07) is 21.2. The molecule has 1 aliphatic heterocycles. The third kappa shape index (κ3) is 3.09. The third-order valence-corrected chi connectivity index (χ3v) is 11.3. The van der Waals surface area contributed by atoms with Crippen molar-refractivity contribution in [3.05, 3.63) is 66.2 Å². The molecule has 1 N–H and O–H groups in total. The molecule has 0 radical (unpaired) electrons. The minimum atomic E-state index is -1.73. The van der Waals surface area contributed by atoms with Gasteiger partial charge in [0.2, 0.25) is 0 Å². The van der Waals surface area contributed by atoms with E-state index in [1.165, 1.54) is 10.8 Å². The van der Waals surface area contributed by atoms with E-state index in [1.807, 2.05) is 18.2 Å². The van der Waals surface area contributed by atoms with Gasteiger partial charge in [-0.3, -0.25) is 0 Å². The molecule has 1 heterocycles. The van der Waals surface area contributed by atoms with E-state index in [4.69, 9.17) is 9.47 Å². The van der Waals surface area contributed by atoms with E-state index in [2.05, 4.69) is 62.5 Å². The molecule has 0 aromatic heterocycles. The SMILES string of the molecule is C[C@@]12C[C@H]([Si](C)(C)c3ccccc3)[C@@H](COCc3ccccc3)[C@]1(CO)O2. The summed E-state index contributed by atoms with van der Waals surface area (Å²) in [4.78, 5) is 0. The second-order valence-electron chi connectivity index (χ2n) is 8.89. The molecular formula is C23H30O3Si. The topological polar surface area (TPSA) is 42.0 Å². The van der Waals surface area contributed by atoms with Crippen molar-refractivity contribution in [2.45, 2.75) is 49.8 Å². The van der Waals surface area contributed by atoms with Crippen LogP contribution in [-0.4, -0.2) is 37.6 Å². The Morgan fingerprint density at radius 3 is 2.33 bits per heavy atom. The van der Waals surface area contributed by atoms with Gasteiger partial charge in [0, 0.05) is 5.92 Å². The average Bonchev–Trinajstić information content (AvgIpc) is 3.22. The molecule has 4 atom stereocenters. The first-order valence-electron chi connectivity index (χ1n) is 9.91. The van der Waals surface area contributed by atoms with Gasteiger partial charge in [-0.15, -0.1) is 0 Å².